The number of amides is 1. The minimum Gasteiger partial charge on any atom is -0.371 e. The number of carbonyl (C=O) groups excluding carboxylic acids is 1. The number of likely N-dealkylation sites (N-methyl/N-ethyl adjacent to an activating group) is 1. The van der Waals surface area contributed by atoms with Crippen molar-refractivity contribution in [2.45, 2.75) is 26.7 Å². The Hall–Kier alpha value is -1.62. The summed E-state index contributed by atoms with van der Waals surface area (Å²) in [6.07, 6.45) is 2.28. The summed E-state index contributed by atoms with van der Waals surface area (Å²) in [5.74, 6) is -0.408. The van der Waals surface area contributed by atoms with Crippen molar-refractivity contribution >= 4 is 17.3 Å². The normalized spacial score (nSPS) is 14.8. The van der Waals surface area contributed by atoms with Gasteiger partial charge in [-0.3, -0.25) is 9.69 Å². The van der Waals surface area contributed by atoms with E-state index in [4.69, 9.17) is 0 Å². The van der Waals surface area contributed by atoms with Gasteiger partial charge in [-0.05, 0) is 44.1 Å². The smallest absolute Gasteiger partial charge is 0.238 e. The molecule has 5 heteroatoms. The van der Waals surface area contributed by atoms with Crippen LogP contribution in [0.2, 0.25) is 0 Å². The highest BCUT2D eigenvalue weighted by Crippen LogP contribution is 2.25. The molecule has 1 N–H and O–H groups in total. The number of nitrogens with zero attached hydrogens (tertiary/aromatic N) is 2. The first kappa shape index (κ1) is 15.8. The van der Waals surface area contributed by atoms with Crippen molar-refractivity contribution in [3.8, 4) is 0 Å². The first-order valence-corrected chi connectivity index (χ1v) is 7.70. The fraction of sp³-hybridized carbons (Fsp3) is 0.562. The maximum absolute atomic E-state index is 13.7. The number of carbonyl (C=O) groups is 1. The molecule has 0 aliphatic carbocycles. The van der Waals surface area contributed by atoms with Crippen molar-refractivity contribution in [3.63, 3.8) is 0 Å². The molecule has 1 aliphatic rings. The van der Waals surface area contributed by atoms with Gasteiger partial charge in [-0.25, -0.2) is 4.39 Å². The van der Waals surface area contributed by atoms with E-state index in [1.54, 1.807) is 0 Å². The molecule has 21 heavy (non-hydrogen) atoms. The molecule has 1 heterocycles. The molecular formula is C16H24FN3O. The first-order chi connectivity index (χ1) is 10.1. The monoisotopic (exact) mass is 293 g/mol. The third kappa shape index (κ3) is 4.43. The molecule has 0 bridgehead atoms. The predicted octanol–water partition coefficient (Wildman–Crippen LogP) is 2.71. The van der Waals surface area contributed by atoms with Crippen LogP contribution in [-0.4, -0.2) is 43.5 Å². The summed E-state index contributed by atoms with van der Waals surface area (Å²) in [5.41, 5.74) is 1.39. The molecule has 0 spiro atoms. The van der Waals surface area contributed by atoms with Crippen LogP contribution < -0.4 is 10.2 Å². The number of anilines is 2. The fourth-order valence-corrected chi connectivity index (χ4v) is 2.66. The second-order valence-electron chi connectivity index (χ2n) is 5.40. The van der Waals surface area contributed by atoms with E-state index in [1.807, 2.05) is 24.8 Å². The predicted molar refractivity (Wildman–Crippen MR) is 84.3 cm³/mol. The Balaban J connectivity index is 2.03. The zero-order valence-corrected chi connectivity index (χ0v) is 12.9. The zero-order chi connectivity index (χ0) is 15.2. The van der Waals surface area contributed by atoms with Crippen LogP contribution in [-0.2, 0) is 4.79 Å². The van der Waals surface area contributed by atoms with Crippen LogP contribution >= 0.6 is 0 Å². The summed E-state index contributed by atoms with van der Waals surface area (Å²) in [5, 5.41) is 2.80. The van der Waals surface area contributed by atoms with E-state index < -0.39 is 0 Å². The van der Waals surface area contributed by atoms with Gasteiger partial charge in [0.15, 0.2) is 0 Å². The van der Waals surface area contributed by atoms with Crippen molar-refractivity contribution in [1.29, 1.82) is 0 Å². The lowest BCUT2D eigenvalue weighted by Crippen LogP contribution is -2.33. The third-order valence-corrected chi connectivity index (χ3v) is 3.90. The van der Waals surface area contributed by atoms with Crippen LogP contribution in [0.3, 0.4) is 0 Å². The van der Waals surface area contributed by atoms with E-state index in [1.165, 1.54) is 12.1 Å². The van der Waals surface area contributed by atoms with Gasteiger partial charge in [0.25, 0.3) is 0 Å². The van der Waals surface area contributed by atoms with Gasteiger partial charge in [0.05, 0.1) is 6.54 Å². The highest BCUT2D eigenvalue weighted by Gasteiger charge is 2.15. The van der Waals surface area contributed by atoms with Crippen molar-refractivity contribution < 1.29 is 9.18 Å². The van der Waals surface area contributed by atoms with Crippen molar-refractivity contribution in [2.75, 3.05) is 42.9 Å². The van der Waals surface area contributed by atoms with Gasteiger partial charge < -0.3 is 10.2 Å². The van der Waals surface area contributed by atoms with E-state index in [-0.39, 0.29) is 11.7 Å². The number of halogens is 1. The number of hydrogen-bond acceptors (Lipinski definition) is 3. The van der Waals surface area contributed by atoms with Crippen molar-refractivity contribution in [2.24, 2.45) is 0 Å². The molecule has 1 aromatic rings. The molecule has 0 aromatic heterocycles. The van der Waals surface area contributed by atoms with Gasteiger partial charge in [0, 0.05) is 24.5 Å². The van der Waals surface area contributed by atoms with Gasteiger partial charge in [-0.1, -0.05) is 13.8 Å². The molecule has 1 fully saturated rings. The van der Waals surface area contributed by atoms with Gasteiger partial charge in [0.1, 0.15) is 5.82 Å². The minimum absolute atomic E-state index is 0.100. The molecule has 1 amide bonds. The van der Waals surface area contributed by atoms with Gasteiger partial charge in [-0.2, -0.15) is 0 Å². The van der Waals surface area contributed by atoms with Crippen LogP contribution in [0, 0.1) is 5.82 Å². The van der Waals surface area contributed by atoms with Gasteiger partial charge in [-0.15, -0.1) is 0 Å². The molecule has 0 unspecified atom stereocenters. The third-order valence-electron chi connectivity index (χ3n) is 3.90. The summed E-state index contributed by atoms with van der Waals surface area (Å²) < 4.78 is 13.7. The second-order valence-corrected chi connectivity index (χ2v) is 5.40. The number of benzene rings is 1. The van der Waals surface area contributed by atoms with E-state index in [9.17, 15) is 9.18 Å². The highest BCUT2D eigenvalue weighted by atomic mass is 19.1. The summed E-state index contributed by atoms with van der Waals surface area (Å²) >= 11 is 0. The Morgan fingerprint density at radius 2 is 1.90 bits per heavy atom. The summed E-state index contributed by atoms with van der Waals surface area (Å²) in [7, 11) is 0. The molecule has 0 atom stereocenters. The molecule has 1 aliphatic heterocycles. The lowest BCUT2D eigenvalue weighted by molar-refractivity contribution is -0.117. The zero-order valence-electron chi connectivity index (χ0n) is 12.9. The fourth-order valence-electron chi connectivity index (χ4n) is 2.66. The largest absolute Gasteiger partial charge is 0.371 e. The maximum Gasteiger partial charge on any atom is 0.238 e. The van der Waals surface area contributed by atoms with Crippen LogP contribution in [0.4, 0.5) is 15.8 Å². The quantitative estimate of drug-likeness (QED) is 0.876. The molecule has 1 aromatic carbocycles. The van der Waals surface area contributed by atoms with E-state index in [0.717, 1.165) is 44.7 Å². The molecule has 0 radical (unpaired) electrons. The molecule has 1 saturated heterocycles. The molecular weight excluding hydrogens is 269 g/mol. The first-order valence-electron chi connectivity index (χ1n) is 7.70. The maximum atomic E-state index is 13.7. The Labute approximate surface area is 125 Å². The van der Waals surface area contributed by atoms with E-state index >= 15 is 0 Å². The van der Waals surface area contributed by atoms with E-state index in [0.29, 0.717) is 12.2 Å². The Bertz CT molecular complexity index is 482. The SMILES string of the molecule is CCN(CC)CC(=O)Nc1cc(F)cc(N2CCCC2)c1. The van der Waals surface area contributed by atoms with Crippen LogP contribution in [0.1, 0.15) is 26.7 Å². The summed E-state index contributed by atoms with van der Waals surface area (Å²) in [6, 6.07) is 4.76. The molecule has 116 valence electrons. The van der Waals surface area contributed by atoms with Crippen molar-refractivity contribution in [3.05, 3.63) is 24.0 Å². The number of rotatable bonds is 6. The van der Waals surface area contributed by atoms with Crippen molar-refractivity contribution in [1.82, 2.24) is 4.90 Å². The highest BCUT2D eigenvalue weighted by molar-refractivity contribution is 5.92. The molecule has 2 rings (SSSR count). The number of nitrogens with one attached hydrogen (secondary N) is 1. The Kier molecular flexibility index (Phi) is 5.56. The van der Waals surface area contributed by atoms with Crippen LogP contribution in [0.25, 0.3) is 0 Å². The summed E-state index contributed by atoms with van der Waals surface area (Å²) in [4.78, 5) is 16.2. The Morgan fingerprint density at radius 1 is 1.24 bits per heavy atom. The molecule has 4 nitrogen and oxygen atoms in total. The van der Waals surface area contributed by atoms with Gasteiger partial charge >= 0.3 is 0 Å². The topological polar surface area (TPSA) is 35.6 Å². The average Bonchev–Trinajstić information content (AvgIpc) is 2.98. The second kappa shape index (κ2) is 7.41. The average molecular weight is 293 g/mol. The van der Waals surface area contributed by atoms with Crippen LogP contribution in [0.5, 0.6) is 0 Å². The van der Waals surface area contributed by atoms with E-state index in [2.05, 4.69) is 10.2 Å². The lowest BCUT2D eigenvalue weighted by atomic mass is 10.2. The standard InChI is InChI=1S/C16H24FN3O/c1-3-19(4-2)12-16(21)18-14-9-13(17)10-15(11-14)20-7-5-6-8-20/h9-11H,3-8,12H2,1-2H3,(H,18,21). The molecule has 0 saturated carbocycles. The van der Waals surface area contributed by atoms with Crippen LogP contribution in [0.15, 0.2) is 18.2 Å². The minimum atomic E-state index is -0.308. The Morgan fingerprint density at radius 3 is 2.52 bits per heavy atom. The summed E-state index contributed by atoms with van der Waals surface area (Å²) in [6.45, 7) is 7.93. The number of hydrogen-bond donors (Lipinski definition) is 1. The lowest BCUT2D eigenvalue weighted by Gasteiger charge is -2.20. The van der Waals surface area contributed by atoms with Gasteiger partial charge in [0.2, 0.25) is 5.91 Å².